The van der Waals surface area contributed by atoms with Crippen LogP contribution in [0.5, 0.6) is 0 Å². The van der Waals surface area contributed by atoms with Gasteiger partial charge in [0.25, 0.3) is 5.56 Å². The van der Waals surface area contributed by atoms with Crippen LogP contribution >= 0.6 is 11.8 Å². The molecule has 0 aliphatic heterocycles. The molecule has 182 valence electrons. The number of hydrogen-bond acceptors (Lipinski definition) is 5. The standard InChI is InChI=1S/C29H29N5OS/c1-20-9-8-16-33-25(35)17-24(30-26(20)33)19-36-28-32-31-27(34(28)18-21-10-6-5-7-11-21)22-12-14-23(15-13-22)29(2,3)4/h5-17H,18-19H2,1-4H3. The Bertz CT molecular complexity index is 1560. The summed E-state index contributed by atoms with van der Waals surface area (Å²) in [5.74, 6) is 1.35. The Morgan fingerprint density at radius 1 is 0.917 bits per heavy atom. The van der Waals surface area contributed by atoms with E-state index in [0.29, 0.717) is 17.9 Å². The summed E-state index contributed by atoms with van der Waals surface area (Å²) >= 11 is 1.54. The van der Waals surface area contributed by atoms with Crippen LogP contribution in [0.3, 0.4) is 0 Å². The average Bonchev–Trinajstić information content (AvgIpc) is 3.26. The highest BCUT2D eigenvalue weighted by Crippen LogP contribution is 2.29. The lowest BCUT2D eigenvalue weighted by Crippen LogP contribution is -2.15. The van der Waals surface area contributed by atoms with Crippen molar-refractivity contribution in [3.8, 4) is 11.4 Å². The van der Waals surface area contributed by atoms with Crippen LogP contribution in [0, 0.1) is 6.92 Å². The van der Waals surface area contributed by atoms with Crippen molar-refractivity contribution in [2.45, 2.75) is 50.6 Å². The fourth-order valence-corrected chi connectivity index (χ4v) is 4.99. The van der Waals surface area contributed by atoms with Crippen LogP contribution in [-0.4, -0.2) is 24.1 Å². The van der Waals surface area contributed by atoms with Crippen LogP contribution in [0.1, 0.15) is 43.2 Å². The molecular weight excluding hydrogens is 466 g/mol. The summed E-state index contributed by atoms with van der Waals surface area (Å²) in [7, 11) is 0. The number of benzene rings is 2. The molecule has 0 unspecified atom stereocenters. The zero-order valence-corrected chi connectivity index (χ0v) is 21.8. The van der Waals surface area contributed by atoms with Gasteiger partial charge in [-0.05, 0) is 35.1 Å². The first-order chi connectivity index (χ1) is 17.3. The van der Waals surface area contributed by atoms with Crippen molar-refractivity contribution in [1.82, 2.24) is 24.1 Å². The van der Waals surface area contributed by atoms with Crippen molar-refractivity contribution >= 4 is 17.4 Å². The Kier molecular flexibility index (Phi) is 6.49. The number of rotatable bonds is 6. The molecule has 0 saturated carbocycles. The van der Waals surface area contributed by atoms with Crippen molar-refractivity contribution in [3.05, 3.63) is 112 Å². The maximum absolute atomic E-state index is 12.6. The van der Waals surface area contributed by atoms with E-state index in [-0.39, 0.29) is 11.0 Å². The maximum atomic E-state index is 12.6. The third-order valence-electron chi connectivity index (χ3n) is 6.20. The third-order valence-corrected chi connectivity index (χ3v) is 7.20. The van der Waals surface area contributed by atoms with Gasteiger partial charge in [0, 0.05) is 23.6 Å². The van der Waals surface area contributed by atoms with Crippen molar-refractivity contribution in [2.75, 3.05) is 0 Å². The molecule has 36 heavy (non-hydrogen) atoms. The molecule has 3 heterocycles. The number of pyridine rings is 1. The van der Waals surface area contributed by atoms with E-state index in [1.165, 1.54) is 11.1 Å². The molecule has 0 N–H and O–H groups in total. The zero-order valence-electron chi connectivity index (χ0n) is 21.0. The molecule has 0 aliphatic carbocycles. The van der Waals surface area contributed by atoms with Gasteiger partial charge >= 0.3 is 0 Å². The molecule has 0 fully saturated rings. The van der Waals surface area contributed by atoms with Crippen LogP contribution in [0.4, 0.5) is 0 Å². The van der Waals surface area contributed by atoms with Gasteiger partial charge in [0.2, 0.25) is 0 Å². The maximum Gasteiger partial charge on any atom is 0.258 e. The number of aromatic nitrogens is 5. The molecule has 2 aromatic carbocycles. The normalized spacial score (nSPS) is 11.8. The van der Waals surface area contributed by atoms with E-state index in [9.17, 15) is 4.79 Å². The molecule has 0 spiro atoms. The molecular formula is C29H29N5OS. The molecule has 0 radical (unpaired) electrons. The highest BCUT2D eigenvalue weighted by Gasteiger charge is 2.18. The van der Waals surface area contributed by atoms with Gasteiger partial charge in [-0.3, -0.25) is 13.8 Å². The van der Waals surface area contributed by atoms with E-state index < -0.39 is 0 Å². The Labute approximate surface area is 215 Å². The predicted molar refractivity (Wildman–Crippen MR) is 145 cm³/mol. The lowest BCUT2D eigenvalue weighted by Gasteiger charge is -2.19. The number of hydrogen-bond donors (Lipinski definition) is 0. The van der Waals surface area contributed by atoms with Crippen molar-refractivity contribution < 1.29 is 0 Å². The van der Waals surface area contributed by atoms with E-state index in [4.69, 9.17) is 4.98 Å². The van der Waals surface area contributed by atoms with Gasteiger partial charge in [0.15, 0.2) is 11.0 Å². The zero-order chi connectivity index (χ0) is 25.3. The van der Waals surface area contributed by atoms with Gasteiger partial charge in [-0.1, -0.05) is 93.2 Å². The largest absolute Gasteiger partial charge is 0.298 e. The highest BCUT2D eigenvalue weighted by molar-refractivity contribution is 7.98. The quantitative estimate of drug-likeness (QED) is 0.275. The smallest absolute Gasteiger partial charge is 0.258 e. The van der Waals surface area contributed by atoms with Gasteiger partial charge in [0.1, 0.15) is 5.65 Å². The second-order valence-corrected chi connectivity index (χ2v) is 10.9. The van der Waals surface area contributed by atoms with Crippen molar-refractivity contribution in [2.24, 2.45) is 0 Å². The average molecular weight is 496 g/mol. The predicted octanol–water partition coefficient (Wildman–Crippen LogP) is 5.90. The minimum absolute atomic E-state index is 0.0790. The summed E-state index contributed by atoms with van der Waals surface area (Å²) in [6.45, 7) is 9.25. The molecule has 5 rings (SSSR count). The van der Waals surface area contributed by atoms with Crippen LogP contribution in [0.25, 0.3) is 17.0 Å². The van der Waals surface area contributed by atoms with Gasteiger partial charge in [-0.25, -0.2) is 4.98 Å². The molecule has 7 heteroatoms. The van der Waals surface area contributed by atoms with Gasteiger partial charge in [-0.15, -0.1) is 10.2 Å². The second kappa shape index (κ2) is 9.74. The van der Waals surface area contributed by atoms with Crippen LogP contribution in [0.15, 0.2) is 88.9 Å². The first kappa shape index (κ1) is 24.0. The monoisotopic (exact) mass is 495 g/mol. The molecule has 0 amide bonds. The minimum Gasteiger partial charge on any atom is -0.298 e. The fraction of sp³-hybridized carbons (Fsp3) is 0.241. The number of thioether (sulfide) groups is 1. The van der Waals surface area contributed by atoms with Crippen LogP contribution in [0.2, 0.25) is 0 Å². The van der Waals surface area contributed by atoms with Gasteiger partial charge in [-0.2, -0.15) is 0 Å². The molecule has 0 bridgehead atoms. The first-order valence-corrected chi connectivity index (χ1v) is 13.0. The van der Waals surface area contributed by atoms with Gasteiger partial charge in [0.05, 0.1) is 12.2 Å². The van der Waals surface area contributed by atoms with Gasteiger partial charge < -0.3 is 0 Å². The molecule has 3 aromatic heterocycles. The SMILES string of the molecule is Cc1cccn2c(=O)cc(CSc3nnc(-c4ccc(C(C)(C)C)cc4)n3Cc3ccccc3)nc12. The highest BCUT2D eigenvalue weighted by atomic mass is 32.2. The van der Waals surface area contributed by atoms with Crippen molar-refractivity contribution in [3.63, 3.8) is 0 Å². The number of aryl methyl sites for hydroxylation is 1. The molecule has 0 atom stereocenters. The lowest BCUT2D eigenvalue weighted by molar-refractivity contribution is 0.590. The summed E-state index contributed by atoms with van der Waals surface area (Å²) in [6, 6.07) is 24.3. The van der Waals surface area contributed by atoms with Crippen LogP contribution < -0.4 is 5.56 Å². The second-order valence-electron chi connectivity index (χ2n) is 9.96. The molecule has 5 aromatic rings. The first-order valence-electron chi connectivity index (χ1n) is 12.0. The Morgan fingerprint density at radius 2 is 1.67 bits per heavy atom. The minimum atomic E-state index is -0.0790. The Hall–Kier alpha value is -3.71. The van der Waals surface area contributed by atoms with E-state index in [1.807, 2.05) is 37.3 Å². The molecule has 0 aliphatic rings. The fourth-order valence-electron chi connectivity index (χ4n) is 4.16. The van der Waals surface area contributed by atoms with E-state index in [2.05, 4.69) is 71.9 Å². The Balaban J connectivity index is 1.48. The summed E-state index contributed by atoms with van der Waals surface area (Å²) in [5.41, 5.74) is 5.86. The number of fused-ring (bicyclic) bond motifs is 1. The lowest BCUT2D eigenvalue weighted by atomic mass is 9.87. The summed E-state index contributed by atoms with van der Waals surface area (Å²) in [4.78, 5) is 17.4. The summed E-state index contributed by atoms with van der Waals surface area (Å²) in [6.07, 6.45) is 1.75. The summed E-state index contributed by atoms with van der Waals surface area (Å²) < 4.78 is 3.73. The molecule has 0 saturated heterocycles. The Morgan fingerprint density at radius 3 is 2.39 bits per heavy atom. The van der Waals surface area contributed by atoms with E-state index >= 15 is 0 Å². The van der Waals surface area contributed by atoms with E-state index in [1.54, 1.807) is 28.4 Å². The van der Waals surface area contributed by atoms with E-state index in [0.717, 1.165) is 27.8 Å². The van der Waals surface area contributed by atoms with Crippen molar-refractivity contribution in [1.29, 1.82) is 0 Å². The van der Waals surface area contributed by atoms with Crippen LogP contribution in [-0.2, 0) is 17.7 Å². The molecule has 6 nitrogen and oxygen atoms in total. The summed E-state index contributed by atoms with van der Waals surface area (Å²) in [5, 5.41) is 9.91. The third kappa shape index (κ3) is 4.97. The number of nitrogens with zero attached hydrogens (tertiary/aromatic N) is 5. The topological polar surface area (TPSA) is 65.1 Å².